The minimum Gasteiger partial charge on any atom is -0.487 e. The molecule has 4 rings (SSSR count). The van der Waals surface area contributed by atoms with Crippen LogP contribution in [0.1, 0.15) is 43.6 Å². The first-order valence-electron chi connectivity index (χ1n) is 10.9. The number of rotatable bonds is 4. The second kappa shape index (κ2) is 8.96. The van der Waals surface area contributed by atoms with E-state index in [0.29, 0.717) is 49.8 Å². The van der Waals surface area contributed by atoms with E-state index in [1.54, 1.807) is 57.9 Å². The van der Waals surface area contributed by atoms with Gasteiger partial charge in [0.2, 0.25) is 10.0 Å². The number of amides is 1. The van der Waals surface area contributed by atoms with Crippen molar-refractivity contribution in [2.45, 2.75) is 50.2 Å². The molecule has 0 radical (unpaired) electrons. The molecule has 3 heterocycles. The number of pyridine rings is 1. The Morgan fingerprint density at radius 3 is 2.61 bits per heavy atom. The number of aromatic nitrogens is 1. The molecule has 1 amide bonds. The summed E-state index contributed by atoms with van der Waals surface area (Å²) in [6, 6.07) is 11.8. The van der Waals surface area contributed by atoms with Crippen molar-refractivity contribution in [1.29, 1.82) is 0 Å². The Morgan fingerprint density at radius 1 is 1.13 bits per heavy atom. The van der Waals surface area contributed by atoms with Gasteiger partial charge in [-0.3, -0.25) is 9.78 Å². The molecule has 0 bridgehead atoms. The van der Waals surface area contributed by atoms with Crippen molar-refractivity contribution in [2.75, 3.05) is 19.6 Å². The van der Waals surface area contributed by atoms with Gasteiger partial charge in [-0.2, -0.15) is 4.31 Å². The van der Waals surface area contributed by atoms with E-state index < -0.39 is 10.0 Å². The third kappa shape index (κ3) is 4.45. The van der Waals surface area contributed by atoms with Gasteiger partial charge in [0.1, 0.15) is 22.4 Å². The average Bonchev–Trinajstić information content (AvgIpc) is 3.01. The number of hydrogen-bond donors (Lipinski definition) is 0. The van der Waals surface area contributed by atoms with E-state index in [-0.39, 0.29) is 22.9 Å². The van der Waals surface area contributed by atoms with Gasteiger partial charge in [0, 0.05) is 32.3 Å². The molecule has 0 N–H and O–H groups in total. The minimum atomic E-state index is -3.70. The van der Waals surface area contributed by atoms with E-state index in [4.69, 9.17) is 4.74 Å². The van der Waals surface area contributed by atoms with Crippen LogP contribution < -0.4 is 4.74 Å². The number of nitrogens with zero attached hydrogens (tertiary/aromatic N) is 3. The van der Waals surface area contributed by atoms with Crippen molar-refractivity contribution in [3.63, 3.8) is 0 Å². The fourth-order valence-corrected chi connectivity index (χ4v) is 6.10. The number of para-hydroxylation sites is 1. The van der Waals surface area contributed by atoms with Gasteiger partial charge in [0.25, 0.3) is 5.91 Å². The van der Waals surface area contributed by atoms with E-state index in [9.17, 15) is 13.2 Å². The maximum atomic E-state index is 13.6. The Morgan fingerprint density at radius 2 is 1.87 bits per heavy atom. The summed E-state index contributed by atoms with van der Waals surface area (Å²) in [7, 11) is -3.70. The maximum Gasteiger partial charge on any atom is 0.272 e. The molecule has 2 aliphatic heterocycles. The molecule has 0 aliphatic carbocycles. The smallest absolute Gasteiger partial charge is 0.272 e. The monoisotopic (exact) mass is 443 g/mol. The van der Waals surface area contributed by atoms with Crippen LogP contribution in [-0.4, -0.2) is 60.3 Å². The largest absolute Gasteiger partial charge is 0.487 e. The topological polar surface area (TPSA) is 79.8 Å². The first-order valence-corrected chi connectivity index (χ1v) is 12.3. The summed E-state index contributed by atoms with van der Waals surface area (Å²) in [6.45, 7) is 5.58. The fraction of sp³-hybridized carbons (Fsp3) is 0.478. The Balaban J connectivity index is 1.65. The van der Waals surface area contributed by atoms with E-state index >= 15 is 0 Å². The SMILES string of the molecule is CC(C)CCN1[C@@H]2CCN(C(=O)c3ccccn3)CC[C@H]2Oc2ccccc2S1(=O)=O. The Labute approximate surface area is 184 Å². The van der Waals surface area contributed by atoms with Crippen LogP contribution in [0.3, 0.4) is 0 Å². The zero-order valence-electron chi connectivity index (χ0n) is 18.0. The Hall–Kier alpha value is -2.45. The van der Waals surface area contributed by atoms with Gasteiger partial charge >= 0.3 is 0 Å². The lowest BCUT2D eigenvalue weighted by Crippen LogP contribution is -2.47. The standard InChI is InChI=1S/C23H29N3O4S/c1-17(2)10-16-26-19-11-14-25(23(27)18-7-5-6-13-24-18)15-12-20(19)30-21-8-3-4-9-22(21)31(26,28)29/h3-9,13,17,19-20H,10-12,14-16H2,1-2H3/t19-,20-/m1/s1. The van der Waals surface area contributed by atoms with Gasteiger partial charge in [-0.1, -0.05) is 32.0 Å². The predicted octanol–water partition coefficient (Wildman–Crippen LogP) is 3.18. The first kappa shape index (κ1) is 21.8. The van der Waals surface area contributed by atoms with Crippen molar-refractivity contribution >= 4 is 15.9 Å². The molecule has 166 valence electrons. The maximum absolute atomic E-state index is 13.6. The van der Waals surface area contributed by atoms with E-state index in [1.807, 2.05) is 0 Å². The summed E-state index contributed by atoms with van der Waals surface area (Å²) >= 11 is 0. The van der Waals surface area contributed by atoms with Gasteiger partial charge in [-0.05, 0) is 43.0 Å². The lowest BCUT2D eigenvalue weighted by molar-refractivity contribution is 0.0749. The average molecular weight is 444 g/mol. The number of carbonyl (C=O) groups is 1. The zero-order valence-corrected chi connectivity index (χ0v) is 18.8. The highest BCUT2D eigenvalue weighted by Crippen LogP contribution is 2.36. The fourth-order valence-electron chi connectivity index (χ4n) is 4.28. The molecular formula is C23H29N3O4S. The predicted molar refractivity (Wildman–Crippen MR) is 117 cm³/mol. The zero-order chi connectivity index (χ0) is 22.0. The lowest BCUT2D eigenvalue weighted by atomic mass is 10.0. The summed E-state index contributed by atoms with van der Waals surface area (Å²) in [5.41, 5.74) is 0.403. The highest BCUT2D eigenvalue weighted by atomic mass is 32.2. The number of fused-ring (bicyclic) bond motifs is 2. The van der Waals surface area contributed by atoms with Crippen LogP contribution in [-0.2, 0) is 10.0 Å². The molecular weight excluding hydrogens is 414 g/mol. The summed E-state index contributed by atoms with van der Waals surface area (Å²) in [4.78, 5) is 19.1. The van der Waals surface area contributed by atoms with E-state index in [0.717, 1.165) is 6.42 Å². The molecule has 0 spiro atoms. The van der Waals surface area contributed by atoms with Crippen molar-refractivity contribution in [3.8, 4) is 5.75 Å². The first-order chi connectivity index (χ1) is 14.9. The highest BCUT2D eigenvalue weighted by Gasteiger charge is 2.43. The molecule has 1 saturated heterocycles. The van der Waals surface area contributed by atoms with Crippen LogP contribution in [0.25, 0.3) is 0 Å². The highest BCUT2D eigenvalue weighted by molar-refractivity contribution is 7.89. The van der Waals surface area contributed by atoms with Crippen LogP contribution >= 0.6 is 0 Å². The van der Waals surface area contributed by atoms with Crippen LogP contribution in [0.4, 0.5) is 0 Å². The minimum absolute atomic E-state index is 0.131. The molecule has 1 fully saturated rings. The second-order valence-corrected chi connectivity index (χ2v) is 10.4. The van der Waals surface area contributed by atoms with Crippen LogP contribution in [0.15, 0.2) is 53.6 Å². The molecule has 1 aromatic carbocycles. The molecule has 1 aromatic heterocycles. The number of likely N-dealkylation sites (tertiary alicyclic amines) is 1. The number of hydrogen-bond acceptors (Lipinski definition) is 5. The van der Waals surface area contributed by atoms with Crippen molar-refractivity contribution < 1.29 is 17.9 Å². The van der Waals surface area contributed by atoms with Gasteiger partial charge in [-0.15, -0.1) is 0 Å². The summed E-state index contributed by atoms with van der Waals surface area (Å²) in [5, 5.41) is 0. The molecule has 31 heavy (non-hydrogen) atoms. The third-order valence-electron chi connectivity index (χ3n) is 5.99. The summed E-state index contributed by atoms with van der Waals surface area (Å²) < 4.78 is 35.1. The summed E-state index contributed by atoms with van der Waals surface area (Å²) in [6.07, 6.45) is 3.14. The molecule has 0 unspecified atom stereocenters. The number of sulfonamides is 1. The Kier molecular flexibility index (Phi) is 6.29. The van der Waals surface area contributed by atoms with Gasteiger partial charge in [0.15, 0.2) is 0 Å². The molecule has 0 saturated carbocycles. The molecule has 8 heteroatoms. The Bertz CT molecular complexity index is 1030. The van der Waals surface area contributed by atoms with Crippen molar-refractivity contribution in [1.82, 2.24) is 14.2 Å². The quantitative estimate of drug-likeness (QED) is 0.725. The van der Waals surface area contributed by atoms with E-state index in [2.05, 4.69) is 18.8 Å². The lowest BCUT2D eigenvalue weighted by Gasteiger charge is -2.32. The van der Waals surface area contributed by atoms with Gasteiger partial charge < -0.3 is 9.64 Å². The molecule has 2 aliphatic rings. The number of carbonyl (C=O) groups excluding carboxylic acids is 1. The van der Waals surface area contributed by atoms with Crippen LogP contribution in [0.5, 0.6) is 5.75 Å². The van der Waals surface area contributed by atoms with Crippen LogP contribution in [0.2, 0.25) is 0 Å². The summed E-state index contributed by atoms with van der Waals surface area (Å²) in [5.74, 6) is 0.643. The van der Waals surface area contributed by atoms with Crippen molar-refractivity contribution in [3.05, 3.63) is 54.4 Å². The molecule has 7 nitrogen and oxygen atoms in total. The molecule has 2 aromatic rings. The van der Waals surface area contributed by atoms with E-state index in [1.165, 1.54) is 0 Å². The third-order valence-corrected chi connectivity index (χ3v) is 7.95. The van der Waals surface area contributed by atoms with Crippen LogP contribution in [0, 0.1) is 5.92 Å². The second-order valence-electron chi connectivity index (χ2n) is 8.55. The number of benzene rings is 1. The van der Waals surface area contributed by atoms with Gasteiger partial charge in [0.05, 0.1) is 6.04 Å². The van der Waals surface area contributed by atoms with Crippen molar-refractivity contribution in [2.24, 2.45) is 5.92 Å². The molecule has 2 atom stereocenters. The normalized spacial score (nSPS) is 23.3. The number of ether oxygens (including phenoxy) is 1. The van der Waals surface area contributed by atoms with Gasteiger partial charge in [-0.25, -0.2) is 8.42 Å².